The second kappa shape index (κ2) is 10.5. The van der Waals surface area contributed by atoms with Gasteiger partial charge < -0.3 is 10.6 Å². The molecule has 0 aromatic heterocycles. The third kappa shape index (κ3) is 7.03. The van der Waals surface area contributed by atoms with Gasteiger partial charge in [-0.3, -0.25) is 4.79 Å². The van der Waals surface area contributed by atoms with Crippen molar-refractivity contribution < 1.29 is 18.0 Å². The van der Waals surface area contributed by atoms with E-state index in [4.69, 9.17) is 0 Å². The normalized spacial score (nSPS) is 10.9. The molecule has 0 aliphatic heterocycles. The minimum Gasteiger partial charge on any atom is -0.337 e. The first-order chi connectivity index (χ1) is 13.4. The van der Waals surface area contributed by atoms with Gasteiger partial charge in [-0.15, -0.1) is 0 Å². The first-order valence-corrected chi connectivity index (χ1v) is 10.6. The van der Waals surface area contributed by atoms with Crippen LogP contribution >= 0.6 is 0 Å². The maximum Gasteiger partial charge on any atom is 0.328 e. The van der Waals surface area contributed by atoms with Crippen molar-refractivity contribution in [1.82, 2.24) is 10.0 Å². The summed E-state index contributed by atoms with van der Waals surface area (Å²) in [6.07, 6.45) is 2.61. The molecule has 8 heteroatoms. The number of benzene rings is 2. The smallest absolute Gasteiger partial charge is 0.328 e. The van der Waals surface area contributed by atoms with Crippen LogP contribution in [0.3, 0.4) is 0 Å². The summed E-state index contributed by atoms with van der Waals surface area (Å²) in [6, 6.07) is 14.6. The Morgan fingerprint density at radius 1 is 0.964 bits per heavy atom. The molecular formula is C20H25N3O4S. The lowest BCUT2D eigenvalue weighted by Crippen LogP contribution is -2.39. The molecule has 28 heavy (non-hydrogen) atoms. The standard InChI is InChI=1S/C20H25N3O4S/c1-2-3-15-21-20(25)23-28(26,27)18-12-10-17(11-13-18)22-19(24)14-9-16-7-5-4-6-8-16/h4-8,10-13H,2-3,9,14-15H2,1H3,(H,22,24)(H2,21,23,25). The molecule has 7 nitrogen and oxygen atoms in total. The molecule has 0 unspecified atom stereocenters. The van der Waals surface area contributed by atoms with Crippen molar-refractivity contribution in [3.8, 4) is 0 Å². The monoisotopic (exact) mass is 403 g/mol. The van der Waals surface area contributed by atoms with Crippen molar-refractivity contribution in [2.24, 2.45) is 0 Å². The molecule has 3 amide bonds. The Hall–Kier alpha value is -2.87. The van der Waals surface area contributed by atoms with E-state index in [0.717, 1.165) is 18.4 Å². The van der Waals surface area contributed by atoms with E-state index in [1.165, 1.54) is 24.3 Å². The first kappa shape index (κ1) is 21.4. The van der Waals surface area contributed by atoms with Gasteiger partial charge in [0.1, 0.15) is 0 Å². The lowest BCUT2D eigenvalue weighted by molar-refractivity contribution is -0.116. The molecule has 0 atom stereocenters. The number of rotatable bonds is 9. The summed E-state index contributed by atoms with van der Waals surface area (Å²) in [6.45, 7) is 2.38. The molecule has 150 valence electrons. The molecule has 0 fully saturated rings. The number of nitrogens with one attached hydrogen (secondary N) is 3. The van der Waals surface area contributed by atoms with Crippen molar-refractivity contribution in [3.63, 3.8) is 0 Å². The van der Waals surface area contributed by atoms with E-state index in [1.807, 2.05) is 42.0 Å². The summed E-state index contributed by atoms with van der Waals surface area (Å²) in [5.41, 5.74) is 1.56. The molecular weight excluding hydrogens is 378 g/mol. The van der Waals surface area contributed by atoms with Gasteiger partial charge in [0.05, 0.1) is 4.90 Å². The number of urea groups is 1. The molecule has 0 saturated carbocycles. The van der Waals surface area contributed by atoms with Crippen LogP contribution in [0.1, 0.15) is 31.7 Å². The van der Waals surface area contributed by atoms with Crippen LogP contribution in [-0.2, 0) is 21.2 Å². The summed E-state index contributed by atoms with van der Waals surface area (Å²) >= 11 is 0. The molecule has 2 aromatic carbocycles. The number of hydrogen-bond donors (Lipinski definition) is 3. The van der Waals surface area contributed by atoms with Gasteiger partial charge in [-0.1, -0.05) is 43.7 Å². The fraction of sp³-hybridized carbons (Fsp3) is 0.300. The number of amides is 3. The topological polar surface area (TPSA) is 104 Å². The highest BCUT2D eigenvalue weighted by atomic mass is 32.2. The highest BCUT2D eigenvalue weighted by Gasteiger charge is 2.17. The van der Waals surface area contributed by atoms with E-state index in [-0.39, 0.29) is 10.8 Å². The van der Waals surface area contributed by atoms with Crippen LogP contribution in [-0.4, -0.2) is 26.9 Å². The van der Waals surface area contributed by atoms with Crippen molar-refractivity contribution >= 4 is 27.6 Å². The largest absolute Gasteiger partial charge is 0.337 e. The van der Waals surface area contributed by atoms with Crippen molar-refractivity contribution in [2.45, 2.75) is 37.5 Å². The van der Waals surface area contributed by atoms with Crippen LogP contribution in [0.25, 0.3) is 0 Å². The Kier molecular flexibility index (Phi) is 8.01. The third-order valence-corrected chi connectivity index (χ3v) is 5.32. The number of unbranched alkanes of at least 4 members (excludes halogenated alkanes) is 1. The Morgan fingerprint density at radius 2 is 1.64 bits per heavy atom. The number of anilines is 1. The molecule has 2 rings (SSSR count). The Labute approximate surface area is 165 Å². The predicted molar refractivity (Wildman–Crippen MR) is 108 cm³/mol. The second-order valence-electron chi connectivity index (χ2n) is 6.27. The van der Waals surface area contributed by atoms with E-state index in [9.17, 15) is 18.0 Å². The summed E-state index contributed by atoms with van der Waals surface area (Å²) < 4.78 is 26.4. The highest BCUT2D eigenvalue weighted by Crippen LogP contribution is 2.14. The quantitative estimate of drug-likeness (QED) is 0.560. The zero-order valence-corrected chi connectivity index (χ0v) is 16.6. The van der Waals surface area contributed by atoms with Crippen LogP contribution in [0, 0.1) is 0 Å². The summed E-state index contributed by atoms with van der Waals surface area (Å²) in [5.74, 6) is -0.159. The minimum atomic E-state index is -3.96. The Bertz CT molecular complexity index is 881. The lowest BCUT2D eigenvalue weighted by atomic mass is 10.1. The van der Waals surface area contributed by atoms with Crippen LogP contribution < -0.4 is 15.4 Å². The van der Waals surface area contributed by atoms with Gasteiger partial charge in [0, 0.05) is 18.7 Å². The molecule has 0 spiro atoms. The molecule has 0 bridgehead atoms. The molecule has 0 radical (unpaired) electrons. The number of hydrogen-bond acceptors (Lipinski definition) is 4. The molecule has 0 aliphatic rings. The van der Waals surface area contributed by atoms with Gasteiger partial charge in [-0.05, 0) is 42.7 Å². The van der Waals surface area contributed by atoms with Gasteiger partial charge in [-0.25, -0.2) is 17.9 Å². The number of aryl methyl sites for hydroxylation is 1. The average Bonchev–Trinajstić information content (AvgIpc) is 2.67. The molecule has 2 aromatic rings. The average molecular weight is 404 g/mol. The van der Waals surface area contributed by atoms with E-state index < -0.39 is 16.1 Å². The van der Waals surface area contributed by atoms with Gasteiger partial charge in [0.15, 0.2) is 0 Å². The predicted octanol–water partition coefficient (Wildman–Crippen LogP) is 3.05. The van der Waals surface area contributed by atoms with E-state index in [2.05, 4.69) is 10.6 Å². The molecule has 0 saturated heterocycles. The van der Waals surface area contributed by atoms with Crippen LogP contribution in [0.5, 0.6) is 0 Å². The summed E-state index contributed by atoms with van der Waals surface area (Å²) in [7, 11) is -3.96. The van der Waals surface area contributed by atoms with E-state index in [0.29, 0.717) is 25.1 Å². The number of carbonyl (C=O) groups is 2. The van der Waals surface area contributed by atoms with Crippen molar-refractivity contribution in [2.75, 3.05) is 11.9 Å². The zero-order chi connectivity index (χ0) is 20.4. The van der Waals surface area contributed by atoms with Gasteiger partial charge in [0.25, 0.3) is 10.0 Å². The minimum absolute atomic E-state index is 0.0552. The van der Waals surface area contributed by atoms with Gasteiger partial charge >= 0.3 is 6.03 Å². The first-order valence-electron chi connectivity index (χ1n) is 9.15. The number of carbonyl (C=O) groups excluding carboxylic acids is 2. The second-order valence-corrected chi connectivity index (χ2v) is 7.96. The fourth-order valence-electron chi connectivity index (χ4n) is 2.44. The molecule has 0 aliphatic carbocycles. The van der Waals surface area contributed by atoms with Crippen molar-refractivity contribution in [1.29, 1.82) is 0 Å². The summed E-state index contributed by atoms with van der Waals surface area (Å²) in [4.78, 5) is 23.6. The lowest BCUT2D eigenvalue weighted by Gasteiger charge is -2.09. The van der Waals surface area contributed by atoms with Gasteiger partial charge in [-0.2, -0.15) is 0 Å². The van der Waals surface area contributed by atoms with Crippen LogP contribution in [0.15, 0.2) is 59.5 Å². The Balaban J connectivity index is 1.87. The zero-order valence-electron chi connectivity index (χ0n) is 15.8. The summed E-state index contributed by atoms with van der Waals surface area (Å²) in [5, 5.41) is 5.22. The SMILES string of the molecule is CCCCNC(=O)NS(=O)(=O)c1ccc(NC(=O)CCc2ccccc2)cc1. The number of sulfonamides is 1. The van der Waals surface area contributed by atoms with Crippen LogP contribution in [0.4, 0.5) is 10.5 Å². The van der Waals surface area contributed by atoms with Crippen LogP contribution in [0.2, 0.25) is 0 Å². The van der Waals surface area contributed by atoms with Gasteiger partial charge in [0.2, 0.25) is 5.91 Å². The third-order valence-electron chi connectivity index (χ3n) is 3.97. The van der Waals surface area contributed by atoms with E-state index in [1.54, 1.807) is 0 Å². The maximum absolute atomic E-state index is 12.2. The van der Waals surface area contributed by atoms with E-state index >= 15 is 0 Å². The molecule has 3 N–H and O–H groups in total. The molecule has 0 heterocycles. The highest BCUT2D eigenvalue weighted by molar-refractivity contribution is 7.90. The fourth-order valence-corrected chi connectivity index (χ4v) is 3.37. The van der Waals surface area contributed by atoms with Crippen molar-refractivity contribution in [3.05, 3.63) is 60.2 Å². The Morgan fingerprint density at radius 3 is 2.29 bits per heavy atom. The maximum atomic E-state index is 12.2.